The van der Waals surface area contributed by atoms with Gasteiger partial charge in [-0.3, -0.25) is 0 Å². The summed E-state index contributed by atoms with van der Waals surface area (Å²) in [5.74, 6) is 0.296. The van der Waals surface area contributed by atoms with E-state index in [1.54, 1.807) is 11.3 Å². The van der Waals surface area contributed by atoms with E-state index in [4.69, 9.17) is 39.5 Å². The predicted octanol–water partition coefficient (Wildman–Crippen LogP) is 4.68. The van der Waals surface area contributed by atoms with Crippen LogP contribution in [0.15, 0.2) is 23.6 Å². The van der Waals surface area contributed by atoms with Crippen molar-refractivity contribution in [2.45, 2.75) is 6.61 Å². The zero-order chi connectivity index (χ0) is 11.5. The average Bonchev–Trinajstić information content (AvgIpc) is 2.74. The normalized spacial score (nSPS) is 10.4. The Morgan fingerprint density at radius 3 is 2.75 bits per heavy atom. The molecule has 0 radical (unpaired) electrons. The van der Waals surface area contributed by atoms with Gasteiger partial charge in [0, 0.05) is 4.88 Å². The lowest BCUT2D eigenvalue weighted by atomic mass is 10.4. The molecule has 0 saturated carbocycles. The third-order valence-corrected chi connectivity index (χ3v) is 3.58. The van der Waals surface area contributed by atoms with Crippen LogP contribution in [0.5, 0.6) is 5.88 Å². The smallest absolute Gasteiger partial charge is 0.234 e. The number of aromatic nitrogens is 1. The van der Waals surface area contributed by atoms with Crippen LogP contribution >= 0.6 is 46.1 Å². The maximum Gasteiger partial charge on any atom is 0.234 e. The van der Waals surface area contributed by atoms with Crippen LogP contribution in [0.4, 0.5) is 0 Å². The van der Waals surface area contributed by atoms with Crippen LogP contribution in [0.3, 0.4) is 0 Å². The molecule has 2 rings (SSSR count). The molecule has 0 aliphatic rings. The minimum absolute atomic E-state index is 0.187. The molecule has 2 aromatic heterocycles. The fourth-order valence-electron chi connectivity index (χ4n) is 1.06. The van der Waals surface area contributed by atoms with E-state index >= 15 is 0 Å². The zero-order valence-corrected chi connectivity index (χ0v) is 11.0. The first kappa shape index (κ1) is 12.0. The zero-order valence-electron chi connectivity index (χ0n) is 7.91. The molecule has 6 heteroatoms. The summed E-state index contributed by atoms with van der Waals surface area (Å²) in [5.41, 5.74) is 0. The van der Waals surface area contributed by atoms with Crippen LogP contribution in [0, 0.1) is 0 Å². The van der Waals surface area contributed by atoms with Crippen LogP contribution in [0.25, 0.3) is 0 Å². The minimum Gasteiger partial charge on any atom is -0.471 e. The Balaban J connectivity index is 2.12. The van der Waals surface area contributed by atoms with Crippen molar-refractivity contribution in [3.05, 3.63) is 43.7 Å². The first-order valence-corrected chi connectivity index (χ1v) is 6.35. The largest absolute Gasteiger partial charge is 0.471 e. The van der Waals surface area contributed by atoms with Crippen molar-refractivity contribution < 1.29 is 4.74 Å². The van der Waals surface area contributed by atoms with Crippen molar-refractivity contribution in [3.8, 4) is 5.88 Å². The Hall–Kier alpha value is -0.480. The molecule has 0 aliphatic carbocycles. The van der Waals surface area contributed by atoms with Crippen molar-refractivity contribution in [2.24, 2.45) is 0 Å². The molecule has 0 saturated heterocycles. The van der Waals surface area contributed by atoms with Crippen LogP contribution in [0.2, 0.25) is 15.2 Å². The van der Waals surface area contributed by atoms with Crippen molar-refractivity contribution >= 4 is 46.1 Å². The summed E-state index contributed by atoms with van der Waals surface area (Å²) in [6.45, 7) is 0.419. The summed E-state index contributed by atoms with van der Waals surface area (Å²) in [7, 11) is 0. The molecular formula is C10H6Cl3NOS. The van der Waals surface area contributed by atoms with Gasteiger partial charge in [-0.2, -0.15) is 4.98 Å². The highest BCUT2D eigenvalue weighted by Crippen LogP contribution is 2.30. The van der Waals surface area contributed by atoms with Crippen molar-refractivity contribution in [1.82, 2.24) is 4.98 Å². The second-order valence-electron chi connectivity index (χ2n) is 2.92. The van der Waals surface area contributed by atoms with Crippen molar-refractivity contribution in [1.29, 1.82) is 0 Å². The van der Waals surface area contributed by atoms with E-state index in [0.717, 1.165) is 4.88 Å². The Kier molecular flexibility index (Phi) is 3.92. The van der Waals surface area contributed by atoms with Gasteiger partial charge in [-0.25, -0.2) is 0 Å². The summed E-state index contributed by atoms with van der Waals surface area (Å²) < 4.78 is 5.44. The Labute approximate surface area is 112 Å². The van der Waals surface area contributed by atoms with E-state index in [1.165, 1.54) is 6.07 Å². The van der Waals surface area contributed by atoms with E-state index in [9.17, 15) is 0 Å². The standard InChI is InChI=1S/C10H6Cl3NOS/c11-7-4-8(12)10(14-9(7)13)15-5-6-2-1-3-16-6/h1-4H,5H2. The number of nitrogens with zero attached hydrogens (tertiary/aromatic N) is 1. The van der Waals surface area contributed by atoms with Crippen LogP contribution < -0.4 is 4.74 Å². The third kappa shape index (κ3) is 2.80. The maximum absolute atomic E-state index is 5.91. The van der Waals surface area contributed by atoms with Gasteiger partial charge in [-0.05, 0) is 17.5 Å². The number of rotatable bonds is 3. The quantitative estimate of drug-likeness (QED) is 0.767. The molecular weight excluding hydrogens is 289 g/mol. The van der Waals surface area contributed by atoms with Gasteiger partial charge in [-0.15, -0.1) is 11.3 Å². The Morgan fingerprint density at radius 2 is 2.06 bits per heavy atom. The number of thiophene rings is 1. The molecule has 0 atom stereocenters. The fourth-order valence-corrected chi connectivity index (χ4v) is 2.22. The first-order chi connectivity index (χ1) is 7.66. The van der Waals surface area contributed by atoms with Gasteiger partial charge in [0.15, 0.2) is 5.15 Å². The van der Waals surface area contributed by atoms with E-state index in [2.05, 4.69) is 4.98 Å². The number of halogens is 3. The van der Waals surface area contributed by atoms with E-state index < -0.39 is 0 Å². The summed E-state index contributed by atoms with van der Waals surface area (Å²) in [4.78, 5) is 5.04. The van der Waals surface area contributed by atoms with Crippen LogP contribution in [-0.4, -0.2) is 4.98 Å². The molecule has 0 aromatic carbocycles. The molecule has 0 amide bonds. The van der Waals surface area contributed by atoms with Crippen molar-refractivity contribution in [2.75, 3.05) is 0 Å². The van der Waals surface area contributed by atoms with Crippen LogP contribution in [0.1, 0.15) is 4.88 Å². The molecule has 84 valence electrons. The van der Waals surface area contributed by atoms with Gasteiger partial charge in [0.05, 0.1) is 5.02 Å². The molecule has 16 heavy (non-hydrogen) atoms. The second-order valence-corrected chi connectivity index (χ2v) is 5.12. The van der Waals surface area contributed by atoms with Gasteiger partial charge in [0.1, 0.15) is 11.6 Å². The van der Waals surface area contributed by atoms with Crippen LogP contribution in [-0.2, 0) is 6.61 Å². The molecule has 0 aliphatic heterocycles. The predicted molar refractivity (Wildman–Crippen MR) is 67.9 cm³/mol. The fraction of sp³-hybridized carbons (Fsp3) is 0.100. The highest BCUT2D eigenvalue weighted by atomic mass is 35.5. The highest BCUT2D eigenvalue weighted by Gasteiger charge is 2.09. The number of hydrogen-bond donors (Lipinski definition) is 0. The van der Waals surface area contributed by atoms with Gasteiger partial charge >= 0.3 is 0 Å². The first-order valence-electron chi connectivity index (χ1n) is 4.33. The van der Waals surface area contributed by atoms with Crippen molar-refractivity contribution in [3.63, 3.8) is 0 Å². The highest BCUT2D eigenvalue weighted by molar-refractivity contribution is 7.09. The second kappa shape index (κ2) is 5.23. The molecule has 2 nitrogen and oxygen atoms in total. The summed E-state index contributed by atoms with van der Waals surface area (Å²) in [6, 6.07) is 5.44. The topological polar surface area (TPSA) is 22.1 Å². The lowest BCUT2D eigenvalue weighted by Gasteiger charge is -2.06. The third-order valence-electron chi connectivity index (χ3n) is 1.79. The van der Waals surface area contributed by atoms with Gasteiger partial charge in [0.25, 0.3) is 0 Å². The van der Waals surface area contributed by atoms with Gasteiger partial charge < -0.3 is 4.74 Å². The molecule has 0 unspecified atom stereocenters. The number of hydrogen-bond acceptors (Lipinski definition) is 3. The maximum atomic E-state index is 5.91. The monoisotopic (exact) mass is 293 g/mol. The molecule has 0 fully saturated rings. The molecule has 0 bridgehead atoms. The average molecular weight is 295 g/mol. The lowest BCUT2D eigenvalue weighted by molar-refractivity contribution is 0.297. The summed E-state index contributed by atoms with van der Waals surface area (Å²) >= 11 is 19.0. The minimum atomic E-state index is 0.187. The molecule has 0 N–H and O–H groups in total. The molecule has 0 spiro atoms. The van der Waals surface area contributed by atoms with E-state index in [1.807, 2.05) is 17.5 Å². The number of pyridine rings is 1. The van der Waals surface area contributed by atoms with E-state index in [0.29, 0.717) is 22.5 Å². The SMILES string of the molecule is Clc1cc(Cl)c(OCc2cccs2)nc1Cl. The van der Waals surface area contributed by atoms with Gasteiger partial charge in [0.2, 0.25) is 5.88 Å². The summed E-state index contributed by atoms with van der Waals surface area (Å²) in [5, 5.41) is 2.83. The summed E-state index contributed by atoms with van der Waals surface area (Å²) in [6.07, 6.45) is 0. The van der Waals surface area contributed by atoms with Gasteiger partial charge in [-0.1, -0.05) is 40.9 Å². The Bertz CT molecular complexity index is 487. The number of ether oxygens (including phenoxy) is 1. The Morgan fingerprint density at radius 1 is 1.25 bits per heavy atom. The molecule has 2 heterocycles. The molecule has 2 aromatic rings. The lowest BCUT2D eigenvalue weighted by Crippen LogP contribution is -1.96. The van der Waals surface area contributed by atoms with E-state index in [-0.39, 0.29) is 5.15 Å².